The van der Waals surface area contributed by atoms with Gasteiger partial charge in [-0.1, -0.05) is 0 Å². The first-order valence-corrected chi connectivity index (χ1v) is 10.1. The number of carbonyl (C=O) groups is 1. The summed E-state index contributed by atoms with van der Waals surface area (Å²) in [5.74, 6) is -0.0456. The Morgan fingerprint density at radius 3 is 2.37 bits per heavy atom. The van der Waals surface area contributed by atoms with Crippen molar-refractivity contribution in [3.63, 3.8) is 0 Å². The first kappa shape index (κ1) is 17.8. The van der Waals surface area contributed by atoms with Crippen molar-refractivity contribution in [1.82, 2.24) is 9.47 Å². The van der Waals surface area contributed by atoms with E-state index in [-0.39, 0.29) is 17.8 Å². The molecule has 1 unspecified atom stereocenters. The van der Waals surface area contributed by atoms with Gasteiger partial charge in [-0.05, 0) is 58.8 Å². The molecule has 0 spiro atoms. The zero-order valence-electron chi connectivity index (χ0n) is 15.0. The Bertz CT molecular complexity index is 819. The molecule has 1 fully saturated rings. The van der Waals surface area contributed by atoms with Crippen molar-refractivity contribution in [1.29, 1.82) is 0 Å². The molecule has 1 atom stereocenters. The fourth-order valence-electron chi connectivity index (χ4n) is 3.58. The first-order chi connectivity index (χ1) is 13.2. The number of piperazine rings is 1. The van der Waals surface area contributed by atoms with Gasteiger partial charge >= 0.3 is 0 Å². The van der Waals surface area contributed by atoms with E-state index in [4.69, 9.17) is 0 Å². The van der Waals surface area contributed by atoms with Gasteiger partial charge in [0.2, 0.25) is 5.91 Å². The quantitative estimate of drug-likeness (QED) is 0.666. The van der Waals surface area contributed by atoms with Crippen LogP contribution >= 0.6 is 11.3 Å². The molecular formula is C21H22FN3OS. The summed E-state index contributed by atoms with van der Waals surface area (Å²) < 4.78 is 15.2. The molecule has 6 heteroatoms. The zero-order chi connectivity index (χ0) is 18.6. The molecule has 4 rings (SSSR count). The highest BCUT2D eigenvalue weighted by atomic mass is 32.1. The predicted molar refractivity (Wildman–Crippen MR) is 107 cm³/mol. The summed E-state index contributed by atoms with van der Waals surface area (Å²) in [6.07, 6.45) is 4.49. The van der Waals surface area contributed by atoms with Gasteiger partial charge in [0.05, 0.1) is 12.5 Å². The minimum absolute atomic E-state index is 0.0360. The average Bonchev–Trinajstić information content (AvgIpc) is 3.41. The van der Waals surface area contributed by atoms with Crippen molar-refractivity contribution in [3.8, 4) is 0 Å². The number of halogens is 1. The van der Waals surface area contributed by atoms with E-state index in [0.29, 0.717) is 19.5 Å². The summed E-state index contributed by atoms with van der Waals surface area (Å²) in [5, 5.41) is 4.17. The van der Waals surface area contributed by atoms with Gasteiger partial charge in [0.25, 0.3) is 0 Å². The number of thiophene rings is 1. The van der Waals surface area contributed by atoms with Crippen LogP contribution in [0.15, 0.2) is 65.6 Å². The maximum Gasteiger partial charge on any atom is 0.225 e. The zero-order valence-corrected chi connectivity index (χ0v) is 15.8. The molecule has 4 nitrogen and oxygen atoms in total. The number of hydrogen-bond acceptors (Lipinski definition) is 3. The number of nitrogens with zero attached hydrogens (tertiary/aromatic N) is 3. The van der Waals surface area contributed by atoms with E-state index in [1.54, 1.807) is 23.5 Å². The Balaban J connectivity index is 1.39. The van der Waals surface area contributed by atoms with Crippen molar-refractivity contribution in [2.45, 2.75) is 12.5 Å². The van der Waals surface area contributed by atoms with Crippen molar-refractivity contribution in [3.05, 3.63) is 77.0 Å². The lowest BCUT2D eigenvalue weighted by Gasteiger charge is -2.36. The van der Waals surface area contributed by atoms with Crippen LogP contribution in [0, 0.1) is 5.82 Å². The van der Waals surface area contributed by atoms with Crippen LogP contribution in [-0.2, 0) is 4.79 Å². The fraction of sp³-hybridized carbons (Fsp3) is 0.286. The lowest BCUT2D eigenvalue weighted by Crippen LogP contribution is -2.49. The largest absolute Gasteiger partial charge is 0.368 e. The highest BCUT2D eigenvalue weighted by Crippen LogP contribution is 2.26. The normalized spacial score (nSPS) is 15.7. The highest BCUT2D eigenvalue weighted by Gasteiger charge is 2.25. The molecule has 27 heavy (non-hydrogen) atoms. The van der Waals surface area contributed by atoms with Gasteiger partial charge in [0, 0.05) is 44.3 Å². The second-order valence-corrected chi connectivity index (χ2v) is 7.53. The first-order valence-electron chi connectivity index (χ1n) is 9.13. The average molecular weight is 383 g/mol. The van der Waals surface area contributed by atoms with Gasteiger partial charge in [-0.25, -0.2) is 4.39 Å². The highest BCUT2D eigenvalue weighted by molar-refractivity contribution is 7.08. The Hall–Kier alpha value is -2.60. The number of anilines is 1. The summed E-state index contributed by atoms with van der Waals surface area (Å²) in [5.41, 5.74) is 2.18. The molecule has 0 bridgehead atoms. The Kier molecular flexibility index (Phi) is 5.25. The topological polar surface area (TPSA) is 28.5 Å². The van der Waals surface area contributed by atoms with E-state index in [1.165, 1.54) is 17.7 Å². The minimum atomic E-state index is -0.225. The Morgan fingerprint density at radius 2 is 1.74 bits per heavy atom. The molecule has 3 aromatic rings. The molecule has 140 valence electrons. The van der Waals surface area contributed by atoms with Crippen LogP contribution in [0.3, 0.4) is 0 Å². The fourth-order valence-corrected chi connectivity index (χ4v) is 4.28. The molecule has 0 saturated carbocycles. The van der Waals surface area contributed by atoms with E-state index < -0.39 is 0 Å². The van der Waals surface area contributed by atoms with Crippen LogP contribution < -0.4 is 4.90 Å². The molecule has 1 aliphatic rings. The van der Waals surface area contributed by atoms with Crippen LogP contribution in [0.5, 0.6) is 0 Å². The lowest BCUT2D eigenvalue weighted by atomic mass is 10.1. The SMILES string of the molecule is O=C(CC(c1ccsc1)n1cccc1)N1CCN(c2ccc(F)cc2)CC1. The van der Waals surface area contributed by atoms with Gasteiger partial charge in [0.15, 0.2) is 0 Å². The molecule has 3 heterocycles. The van der Waals surface area contributed by atoms with Crippen molar-refractivity contribution in [2.24, 2.45) is 0 Å². The minimum Gasteiger partial charge on any atom is -0.368 e. The number of benzene rings is 1. The van der Waals surface area contributed by atoms with Crippen LogP contribution in [0.1, 0.15) is 18.0 Å². The molecule has 0 N–H and O–H groups in total. The summed E-state index contributed by atoms with van der Waals surface area (Å²) in [6, 6.07) is 12.7. The van der Waals surface area contributed by atoms with Crippen molar-refractivity contribution < 1.29 is 9.18 Å². The second-order valence-electron chi connectivity index (χ2n) is 6.75. The van der Waals surface area contributed by atoms with Gasteiger partial charge in [-0.2, -0.15) is 11.3 Å². The number of amides is 1. The summed E-state index contributed by atoms with van der Waals surface area (Å²) in [4.78, 5) is 17.1. The summed E-state index contributed by atoms with van der Waals surface area (Å²) >= 11 is 1.66. The van der Waals surface area contributed by atoms with E-state index >= 15 is 0 Å². The lowest BCUT2D eigenvalue weighted by molar-refractivity contribution is -0.132. The third-order valence-corrected chi connectivity index (χ3v) is 5.81. The molecule has 1 amide bonds. The maximum absolute atomic E-state index is 13.1. The third kappa shape index (κ3) is 4.06. The smallest absolute Gasteiger partial charge is 0.225 e. The van der Waals surface area contributed by atoms with E-state index in [1.807, 2.05) is 29.4 Å². The third-order valence-electron chi connectivity index (χ3n) is 5.11. The molecule has 1 saturated heterocycles. The van der Waals surface area contributed by atoms with Gasteiger partial charge < -0.3 is 14.4 Å². The standard InChI is InChI=1S/C21H22FN3OS/c22-18-3-5-19(6-4-18)23-10-12-25(13-11-23)21(26)15-20(17-7-14-27-16-17)24-8-1-2-9-24/h1-9,14,16,20H,10-13,15H2. The van der Waals surface area contributed by atoms with Gasteiger partial charge in [-0.15, -0.1) is 0 Å². The monoisotopic (exact) mass is 383 g/mol. The van der Waals surface area contributed by atoms with Crippen LogP contribution in [0.25, 0.3) is 0 Å². The molecule has 1 aliphatic heterocycles. The number of carbonyl (C=O) groups excluding carboxylic acids is 1. The predicted octanol–water partition coefficient (Wildman–Crippen LogP) is 4.02. The summed E-state index contributed by atoms with van der Waals surface area (Å²) in [6.45, 7) is 2.92. The van der Waals surface area contributed by atoms with Gasteiger partial charge in [0.1, 0.15) is 5.82 Å². The van der Waals surface area contributed by atoms with Crippen LogP contribution in [0.4, 0.5) is 10.1 Å². The number of rotatable bonds is 5. The number of hydrogen-bond donors (Lipinski definition) is 0. The molecule has 2 aromatic heterocycles. The molecular weight excluding hydrogens is 361 g/mol. The number of aromatic nitrogens is 1. The second kappa shape index (κ2) is 7.96. The van der Waals surface area contributed by atoms with E-state index in [0.717, 1.165) is 18.8 Å². The summed E-state index contributed by atoms with van der Waals surface area (Å²) in [7, 11) is 0. The van der Waals surface area contributed by atoms with Crippen LogP contribution in [-0.4, -0.2) is 41.6 Å². The van der Waals surface area contributed by atoms with E-state index in [9.17, 15) is 9.18 Å². The van der Waals surface area contributed by atoms with Crippen LogP contribution in [0.2, 0.25) is 0 Å². The van der Waals surface area contributed by atoms with Crippen molar-refractivity contribution >= 4 is 22.9 Å². The maximum atomic E-state index is 13.1. The van der Waals surface area contributed by atoms with Gasteiger partial charge in [-0.3, -0.25) is 4.79 Å². The van der Waals surface area contributed by atoms with E-state index in [2.05, 4.69) is 26.3 Å². The Labute approximate surface area is 162 Å². The molecule has 0 aliphatic carbocycles. The molecule has 0 radical (unpaired) electrons. The molecule has 1 aromatic carbocycles. The Morgan fingerprint density at radius 1 is 1.04 bits per heavy atom. The van der Waals surface area contributed by atoms with Crippen molar-refractivity contribution in [2.75, 3.05) is 31.1 Å².